The van der Waals surface area contributed by atoms with Gasteiger partial charge in [0.25, 0.3) is 5.91 Å². The molecule has 1 aromatic carbocycles. The summed E-state index contributed by atoms with van der Waals surface area (Å²) in [5.74, 6) is 0.135. The topological polar surface area (TPSA) is 23.6 Å². The number of hydrogen-bond acceptors (Lipinski definition) is 2. The van der Waals surface area contributed by atoms with E-state index in [4.69, 9.17) is 0 Å². The molecule has 1 saturated heterocycles. The Bertz CT molecular complexity index is 492. The average Bonchev–Trinajstić information content (AvgIpc) is 2.92. The molecule has 3 nitrogen and oxygen atoms in total. The average molecular weight is 288 g/mol. The van der Waals surface area contributed by atoms with Crippen molar-refractivity contribution in [3.63, 3.8) is 0 Å². The molecule has 21 heavy (non-hydrogen) atoms. The van der Waals surface area contributed by atoms with Crippen LogP contribution in [0.3, 0.4) is 0 Å². The van der Waals surface area contributed by atoms with E-state index in [9.17, 15) is 4.79 Å². The molecule has 1 aliphatic heterocycles. The highest BCUT2D eigenvalue weighted by Gasteiger charge is 2.27. The molecule has 1 heterocycles. The zero-order chi connectivity index (χ0) is 15.6. The molecule has 0 aliphatic carbocycles. The fourth-order valence-corrected chi connectivity index (χ4v) is 2.87. The first-order chi connectivity index (χ1) is 9.85. The van der Waals surface area contributed by atoms with Crippen molar-refractivity contribution in [3.8, 4) is 0 Å². The summed E-state index contributed by atoms with van der Waals surface area (Å²) < 4.78 is 0. The maximum atomic E-state index is 12.6. The number of likely N-dealkylation sites (tertiary alicyclic amines) is 1. The van der Waals surface area contributed by atoms with Crippen molar-refractivity contribution in [2.75, 3.05) is 27.2 Å². The molecule has 3 heteroatoms. The summed E-state index contributed by atoms with van der Waals surface area (Å²) in [6.45, 7) is 8.73. The molecule has 1 aromatic rings. The first-order valence-electron chi connectivity index (χ1n) is 7.91. The van der Waals surface area contributed by atoms with Gasteiger partial charge < -0.3 is 9.80 Å². The molecule has 0 radical (unpaired) electrons. The van der Waals surface area contributed by atoms with Gasteiger partial charge in [0, 0.05) is 25.2 Å². The molecule has 1 aliphatic rings. The molecule has 2 rings (SSSR count). The van der Waals surface area contributed by atoms with Crippen molar-refractivity contribution in [2.24, 2.45) is 0 Å². The minimum Gasteiger partial charge on any atom is -0.337 e. The fourth-order valence-electron chi connectivity index (χ4n) is 2.87. The maximum Gasteiger partial charge on any atom is 0.253 e. The van der Waals surface area contributed by atoms with Crippen LogP contribution in [0.4, 0.5) is 0 Å². The molecule has 0 saturated carbocycles. The summed E-state index contributed by atoms with van der Waals surface area (Å²) in [5.41, 5.74) is 2.26. The van der Waals surface area contributed by atoms with Gasteiger partial charge in [-0.15, -0.1) is 0 Å². The van der Waals surface area contributed by atoms with Gasteiger partial charge in [-0.2, -0.15) is 0 Å². The quantitative estimate of drug-likeness (QED) is 0.849. The number of amides is 1. The normalized spacial score (nSPS) is 19.8. The van der Waals surface area contributed by atoms with E-state index in [2.05, 4.69) is 44.9 Å². The van der Waals surface area contributed by atoms with Gasteiger partial charge >= 0.3 is 0 Å². The lowest BCUT2D eigenvalue weighted by atomic mass is 9.82. The van der Waals surface area contributed by atoms with Crippen LogP contribution in [0.2, 0.25) is 0 Å². The van der Waals surface area contributed by atoms with Crippen LogP contribution >= 0.6 is 0 Å². The van der Waals surface area contributed by atoms with Crippen LogP contribution in [0.15, 0.2) is 24.3 Å². The Hall–Kier alpha value is -1.35. The molecule has 1 atom stereocenters. The highest BCUT2D eigenvalue weighted by Crippen LogP contribution is 2.27. The lowest BCUT2D eigenvalue weighted by Crippen LogP contribution is -2.38. The van der Waals surface area contributed by atoms with E-state index < -0.39 is 0 Å². The molecule has 1 fully saturated rings. The Kier molecular flexibility index (Phi) is 4.72. The molecule has 1 unspecified atom stereocenters. The number of rotatable bonds is 4. The summed E-state index contributed by atoms with van der Waals surface area (Å²) in [7, 11) is 4.04. The van der Waals surface area contributed by atoms with Gasteiger partial charge in [0.05, 0.1) is 0 Å². The van der Waals surface area contributed by atoms with E-state index in [1.165, 1.54) is 5.56 Å². The molecule has 0 aromatic heterocycles. The maximum absolute atomic E-state index is 12.6. The number of carbonyl (C=O) groups is 1. The van der Waals surface area contributed by atoms with Gasteiger partial charge in [0.15, 0.2) is 0 Å². The predicted molar refractivity (Wildman–Crippen MR) is 87.8 cm³/mol. The lowest BCUT2D eigenvalue weighted by Gasteiger charge is -2.26. The third-order valence-corrected chi connectivity index (χ3v) is 5.03. The Morgan fingerprint density at radius 3 is 2.43 bits per heavy atom. The van der Waals surface area contributed by atoms with Crippen LogP contribution in [-0.4, -0.2) is 48.9 Å². The minimum absolute atomic E-state index is 0.135. The van der Waals surface area contributed by atoms with Gasteiger partial charge in [-0.05, 0) is 49.5 Å². The van der Waals surface area contributed by atoms with Crippen LogP contribution in [0, 0.1) is 0 Å². The second kappa shape index (κ2) is 6.18. The van der Waals surface area contributed by atoms with Gasteiger partial charge in [-0.25, -0.2) is 0 Å². The third-order valence-electron chi connectivity index (χ3n) is 5.03. The predicted octanol–water partition coefficient (Wildman–Crippen LogP) is 3.15. The van der Waals surface area contributed by atoms with E-state index in [1.807, 2.05) is 24.1 Å². The van der Waals surface area contributed by atoms with Gasteiger partial charge in [-0.3, -0.25) is 4.79 Å². The number of hydrogen-bond donors (Lipinski definition) is 0. The van der Waals surface area contributed by atoms with Crippen molar-refractivity contribution in [1.29, 1.82) is 0 Å². The first kappa shape index (κ1) is 16.0. The number of likely N-dealkylation sites (N-methyl/N-ethyl adjacent to an activating group) is 2. The van der Waals surface area contributed by atoms with Crippen LogP contribution < -0.4 is 0 Å². The van der Waals surface area contributed by atoms with Crippen molar-refractivity contribution in [3.05, 3.63) is 35.4 Å². The Balaban J connectivity index is 2.09. The van der Waals surface area contributed by atoms with Crippen LogP contribution in [0.5, 0.6) is 0 Å². The van der Waals surface area contributed by atoms with Crippen LogP contribution in [0.25, 0.3) is 0 Å². The van der Waals surface area contributed by atoms with Crippen molar-refractivity contribution in [1.82, 2.24) is 9.80 Å². The van der Waals surface area contributed by atoms with Crippen LogP contribution in [-0.2, 0) is 5.41 Å². The van der Waals surface area contributed by atoms with E-state index in [1.54, 1.807) is 0 Å². The molecule has 116 valence electrons. The molecular formula is C18H28N2O. The van der Waals surface area contributed by atoms with E-state index in [0.29, 0.717) is 6.04 Å². The third kappa shape index (κ3) is 3.46. The summed E-state index contributed by atoms with van der Waals surface area (Å²) in [5, 5.41) is 0. The molecule has 0 bridgehead atoms. The Morgan fingerprint density at radius 1 is 1.33 bits per heavy atom. The van der Waals surface area contributed by atoms with Gasteiger partial charge in [0.2, 0.25) is 0 Å². The van der Waals surface area contributed by atoms with Crippen molar-refractivity contribution in [2.45, 2.75) is 45.1 Å². The Labute approximate surface area is 128 Å². The smallest absolute Gasteiger partial charge is 0.253 e. The van der Waals surface area contributed by atoms with E-state index >= 15 is 0 Å². The summed E-state index contributed by atoms with van der Waals surface area (Å²) in [6.07, 6.45) is 2.16. The SMILES string of the molecule is CCC(C)(C)c1ccc(C(=O)N(C)C2CCN(C)C2)cc1. The summed E-state index contributed by atoms with van der Waals surface area (Å²) >= 11 is 0. The molecule has 0 N–H and O–H groups in total. The largest absolute Gasteiger partial charge is 0.337 e. The van der Waals surface area contributed by atoms with Gasteiger partial charge in [-0.1, -0.05) is 32.9 Å². The molecule has 1 amide bonds. The highest BCUT2D eigenvalue weighted by molar-refractivity contribution is 5.94. The zero-order valence-corrected chi connectivity index (χ0v) is 14.0. The van der Waals surface area contributed by atoms with Crippen molar-refractivity contribution < 1.29 is 4.79 Å². The van der Waals surface area contributed by atoms with Gasteiger partial charge in [0.1, 0.15) is 0 Å². The van der Waals surface area contributed by atoms with Crippen LogP contribution in [0.1, 0.15) is 49.5 Å². The minimum atomic E-state index is 0.135. The number of nitrogens with zero attached hydrogens (tertiary/aromatic N) is 2. The Morgan fingerprint density at radius 2 is 1.95 bits per heavy atom. The molecular weight excluding hydrogens is 260 g/mol. The van der Waals surface area contributed by atoms with Crippen molar-refractivity contribution >= 4 is 5.91 Å². The lowest BCUT2D eigenvalue weighted by molar-refractivity contribution is 0.0737. The fraction of sp³-hybridized carbons (Fsp3) is 0.611. The highest BCUT2D eigenvalue weighted by atomic mass is 16.2. The molecule has 0 spiro atoms. The number of benzene rings is 1. The van der Waals surface area contributed by atoms with E-state index in [0.717, 1.165) is 31.5 Å². The first-order valence-corrected chi connectivity index (χ1v) is 7.91. The summed E-state index contributed by atoms with van der Waals surface area (Å²) in [4.78, 5) is 16.8. The second-order valence-electron chi connectivity index (χ2n) is 6.94. The second-order valence-corrected chi connectivity index (χ2v) is 6.94. The monoisotopic (exact) mass is 288 g/mol. The van der Waals surface area contributed by atoms with E-state index in [-0.39, 0.29) is 11.3 Å². The summed E-state index contributed by atoms with van der Waals surface area (Å²) in [6, 6.07) is 8.50. The standard InChI is InChI=1S/C18H28N2O/c1-6-18(2,3)15-9-7-14(8-10-15)17(21)20(5)16-11-12-19(4)13-16/h7-10,16H,6,11-13H2,1-5H3. The number of carbonyl (C=O) groups excluding carboxylic acids is 1. The zero-order valence-electron chi connectivity index (χ0n) is 14.0.